The number of aliphatic carboxylic acids is 1. The number of carbonyl (C=O) groups is 1. The Kier molecular flexibility index (Phi) is 7.65. The van der Waals surface area contributed by atoms with Gasteiger partial charge in [0.1, 0.15) is 10.8 Å². The standard InChI is InChI=1S/C21H26N6O3S/c1-13(2)30-18-4-3-14(9-15(18)10-22)20-25-26-21(31-20)24-11-16-12-27(7-5-17(16)23)8-6-19(28)29/h3-4,11,13-14,16,23H,5-9,12H2,1-2H3,(H,28,29). The highest BCUT2D eigenvalue weighted by Crippen LogP contribution is 2.35. The van der Waals surface area contributed by atoms with Gasteiger partial charge in [0.25, 0.3) is 0 Å². The van der Waals surface area contributed by atoms with Gasteiger partial charge in [-0.15, -0.1) is 10.2 Å². The molecule has 1 aromatic rings. The quantitative estimate of drug-likeness (QED) is 0.590. The van der Waals surface area contributed by atoms with Gasteiger partial charge >= 0.3 is 5.97 Å². The van der Waals surface area contributed by atoms with Gasteiger partial charge in [-0.05, 0) is 32.8 Å². The fraction of sp³-hybridized carbons (Fsp3) is 0.524. The number of aromatic nitrogens is 2. The van der Waals surface area contributed by atoms with E-state index in [9.17, 15) is 10.1 Å². The zero-order valence-corrected chi connectivity index (χ0v) is 18.4. The molecule has 1 aromatic heterocycles. The molecule has 2 unspecified atom stereocenters. The number of nitriles is 1. The smallest absolute Gasteiger partial charge is 0.304 e. The Labute approximate surface area is 185 Å². The number of nitrogens with one attached hydrogen (secondary N) is 1. The molecule has 0 radical (unpaired) electrons. The number of likely N-dealkylation sites (tertiary alicyclic amines) is 1. The van der Waals surface area contributed by atoms with Crippen LogP contribution in [0.2, 0.25) is 0 Å². The molecule has 2 aliphatic rings. The van der Waals surface area contributed by atoms with Crippen LogP contribution in [0.25, 0.3) is 0 Å². The molecule has 10 heteroatoms. The number of hydrogen-bond donors (Lipinski definition) is 2. The maximum atomic E-state index is 10.8. The van der Waals surface area contributed by atoms with E-state index >= 15 is 0 Å². The average Bonchev–Trinajstić information content (AvgIpc) is 3.21. The summed E-state index contributed by atoms with van der Waals surface area (Å²) in [5.74, 6) is -0.412. The second-order valence-corrected chi connectivity index (χ2v) is 8.81. The Balaban J connectivity index is 1.62. The van der Waals surface area contributed by atoms with E-state index < -0.39 is 5.97 Å². The van der Waals surface area contributed by atoms with Gasteiger partial charge in [-0.25, -0.2) is 4.99 Å². The lowest BCUT2D eigenvalue weighted by Crippen LogP contribution is -2.42. The zero-order valence-electron chi connectivity index (χ0n) is 17.6. The van der Waals surface area contributed by atoms with E-state index in [-0.39, 0.29) is 24.4 Å². The molecule has 31 heavy (non-hydrogen) atoms. The number of carboxylic acid groups (broad SMARTS) is 1. The van der Waals surface area contributed by atoms with Crippen molar-refractivity contribution < 1.29 is 14.6 Å². The van der Waals surface area contributed by atoms with E-state index in [0.717, 1.165) is 5.01 Å². The zero-order chi connectivity index (χ0) is 22.4. The summed E-state index contributed by atoms with van der Waals surface area (Å²) in [6, 6.07) is 2.23. The highest BCUT2D eigenvalue weighted by atomic mass is 32.1. The summed E-state index contributed by atoms with van der Waals surface area (Å²) in [6.45, 7) is 5.61. The van der Waals surface area contributed by atoms with Crippen LogP contribution in [0, 0.1) is 22.7 Å². The molecule has 1 aliphatic heterocycles. The topological polar surface area (TPSA) is 136 Å². The SMILES string of the molecule is CC(C)OC1=C(C#N)CC(c2nnc(N=CC3CN(CCC(=O)O)CCC3=N)s2)C=C1. The van der Waals surface area contributed by atoms with Crippen molar-refractivity contribution >= 4 is 34.4 Å². The van der Waals surface area contributed by atoms with Gasteiger partial charge in [-0.2, -0.15) is 5.26 Å². The lowest BCUT2D eigenvalue weighted by molar-refractivity contribution is -0.137. The van der Waals surface area contributed by atoms with E-state index in [2.05, 4.69) is 21.3 Å². The fourth-order valence-corrected chi connectivity index (χ4v) is 4.22. The number of piperidine rings is 1. The monoisotopic (exact) mass is 442 g/mol. The fourth-order valence-electron chi connectivity index (χ4n) is 3.45. The molecule has 1 saturated heterocycles. The molecule has 1 aliphatic carbocycles. The molecule has 1 fully saturated rings. The number of nitrogens with zero attached hydrogens (tertiary/aromatic N) is 5. The van der Waals surface area contributed by atoms with Crippen molar-refractivity contribution in [1.82, 2.24) is 15.1 Å². The van der Waals surface area contributed by atoms with Crippen LogP contribution < -0.4 is 0 Å². The van der Waals surface area contributed by atoms with Crippen molar-refractivity contribution in [3.8, 4) is 6.07 Å². The van der Waals surface area contributed by atoms with Gasteiger partial charge < -0.3 is 20.2 Å². The molecule has 9 nitrogen and oxygen atoms in total. The summed E-state index contributed by atoms with van der Waals surface area (Å²) in [6.07, 6.45) is 6.73. The predicted octanol–water partition coefficient (Wildman–Crippen LogP) is 3.30. The summed E-state index contributed by atoms with van der Waals surface area (Å²) >= 11 is 1.37. The van der Waals surface area contributed by atoms with Crippen molar-refractivity contribution in [3.63, 3.8) is 0 Å². The molecule has 2 N–H and O–H groups in total. The summed E-state index contributed by atoms with van der Waals surface area (Å²) in [4.78, 5) is 17.3. The van der Waals surface area contributed by atoms with Gasteiger partial charge in [0.05, 0.1) is 24.2 Å². The first-order chi connectivity index (χ1) is 14.9. The Hall–Kier alpha value is -2.90. The predicted molar refractivity (Wildman–Crippen MR) is 118 cm³/mol. The number of carboxylic acids is 1. The van der Waals surface area contributed by atoms with Crippen LogP contribution in [-0.2, 0) is 9.53 Å². The molecule has 3 rings (SSSR count). The van der Waals surface area contributed by atoms with Gasteiger partial charge in [0.2, 0.25) is 5.13 Å². The minimum absolute atomic E-state index is 0.000545. The van der Waals surface area contributed by atoms with Crippen LogP contribution in [0.15, 0.2) is 28.5 Å². The second kappa shape index (κ2) is 10.4. The first-order valence-corrected chi connectivity index (χ1v) is 11.0. The Morgan fingerprint density at radius 2 is 2.35 bits per heavy atom. The van der Waals surface area contributed by atoms with E-state index in [1.807, 2.05) is 30.9 Å². The van der Waals surface area contributed by atoms with Crippen LogP contribution in [-0.4, -0.2) is 63.8 Å². The molecule has 0 amide bonds. The third-order valence-electron chi connectivity index (χ3n) is 5.05. The first kappa shape index (κ1) is 22.8. The summed E-state index contributed by atoms with van der Waals surface area (Å²) in [5, 5.41) is 36.2. The van der Waals surface area contributed by atoms with Crippen LogP contribution in [0.1, 0.15) is 44.0 Å². The molecule has 164 valence electrons. The second-order valence-electron chi connectivity index (χ2n) is 7.82. The third kappa shape index (κ3) is 6.29. The number of rotatable bonds is 8. The van der Waals surface area contributed by atoms with Crippen molar-refractivity contribution in [3.05, 3.63) is 28.5 Å². The van der Waals surface area contributed by atoms with Gasteiger partial charge in [-0.3, -0.25) is 4.79 Å². The lowest BCUT2D eigenvalue weighted by atomic mass is 9.94. The Morgan fingerprint density at radius 1 is 1.55 bits per heavy atom. The molecule has 2 atom stereocenters. The summed E-state index contributed by atoms with van der Waals surface area (Å²) in [7, 11) is 0. The van der Waals surface area contributed by atoms with Crippen molar-refractivity contribution in [2.75, 3.05) is 19.6 Å². The maximum Gasteiger partial charge on any atom is 0.304 e. The van der Waals surface area contributed by atoms with Crippen molar-refractivity contribution in [1.29, 1.82) is 10.7 Å². The van der Waals surface area contributed by atoms with Crippen LogP contribution >= 0.6 is 11.3 Å². The lowest BCUT2D eigenvalue weighted by Gasteiger charge is -2.31. The summed E-state index contributed by atoms with van der Waals surface area (Å²) in [5.41, 5.74) is 1.19. The van der Waals surface area contributed by atoms with E-state index in [0.29, 0.717) is 54.7 Å². The number of allylic oxidation sites excluding steroid dienone is 3. The maximum absolute atomic E-state index is 10.8. The molecular weight excluding hydrogens is 416 g/mol. The Bertz CT molecular complexity index is 959. The van der Waals surface area contributed by atoms with Gasteiger partial charge in [0.15, 0.2) is 0 Å². The summed E-state index contributed by atoms with van der Waals surface area (Å²) < 4.78 is 5.70. The molecule has 0 bridgehead atoms. The number of ether oxygens (including phenoxy) is 1. The third-order valence-corrected chi connectivity index (χ3v) is 6.02. The van der Waals surface area contributed by atoms with Crippen LogP contribution in [0.4, 0.5) is 5.13 Å². The molecule has 0 aromatic carbocycles. The minimum Gasteiger partial charge on any atom is -0.490 e. The van der Waals surface area contributed by atoms with Gasteiger partial charge in [-0.1, -0.05) is 17.4 Å². The van der Waals surface area contributed by atoms with E-state index in [4.69, 9.17) is 15.3 Å². The van der Waals surface area contributed by atoms with E-state index in [1.54, 1.807) is 6.21 Å². The molecule has 0 saturated carbocycles. The normalized spacial score (nSPS) is 22.3. The van der Waals surface area contributed by atoms with Crippen LogP contribution in [0.5, 0.6) is 0 Å². The Morgan fingerprint density at radius 3 is 3.06 bits per heavy atom. The molecular formula is C21H26N6O3S. The van der Waals surface area contributed by atoms with E-state index in [1.165, 1.54) is 11.3 Å². The molecule has 0 spiro atoms. The van der Waals surface area contributed by atoms with Crippen molar-refractivity contribution in [2.45, 2.75) is 45.1 Å². The molecule has 2 heterocycles. The average molecular weight is 443 g/mol. The van der Waals surface area contributed by atoms with Crippen molar-refractivity contribution in [2.24, 2.45) is 10.9 Å². The van der Waals surface area contributed by atoms with Gasteiger partial charge in [0, 0.05) is 43.4 Å². The highest BCUT2D eigenvalue weighted by Gasteiger charge is 2.25. The number of aliphatic imine (C=N–C) groups is 1. The number of hydrogen-bond acceptors (Lipinski definition) is 9. The highest BCUT2D eigenvalue weighted by molar-refractivity contribution is 7.15. The minimum atomic E-state index is -0.818. The first-order valence-electron chi connectivity index (χ1n) is 10.2. The van der Waals surface area contributed by atoms with Crippen LogP contribution in [0.3, 0.4) is 0 Å². The largest absolute Gasteiger partial charge is 0.490 e.